The zero-order chi connectivity index (χ0) is 11.5. The average molecular weight is 239 g/mol. The van der Waals surface area contributed by atoms with Crippen molar-refractivity contribution in [3.05, 3.63) is 65.5 Å². The number of hydrogen-bond donors (Lipinski definition) is 1. The molecule has 1 aromatic heterocycles. The molecule has 0 amide bonds. The lowest BCUT2D eigenvalue weighted by molar-refractivity contribution is 1.16. The number of anilines is 1. The molecular weight excluding hydrogens is 226 g/mol. The van der Waals surface area contributed by atoms with Crippen molar-refractivity contribution >= 4 is 27.1 Å². The zero-order valence-corrected chi connectivity index (χ0v) is 10.2. The molecule has 0 bridgehead atoms. The molecule has 0 saturated heterocycles. The van der Waals surface area contributed by atoms with Crippen molar-refractivity contribution in [3.63, 3.8) is 0 Å². The molecule has 84 valence electrons. The fourth-order valence-electron chi connectivity index (χ4n) is 1.94. The average Bonchev–Trinajstić information content (AvgIpc) is 2.86. The molecule has 1 heterocycles. The maximum Gasteiger partial charge on any atom is 0.0431 e. The second-order valence-corrected chi connectivity index (χ2v) is 4.92. The summed E-state index contributed by atoms with van der Waals surface area (Å²) in [6.07, 6.45) is 0. The number of rotatable bonds is 3. The maximum absolute atomic E-state index is 3.50. The highest BCUT2D eigenvalue weighted by Crippen LogP contribution is 2.27. The summed E-state index contributed by atoms with van der Waals surface area (Å²) in [5, 5.41) is 6.95. The van der Waals surface area contributed by atoms with Crippen LogP contribution in [0.5, 0.6) is 0 Å². The van der Waals surface area contributed by atoms with E-state index >= 15 is 0 Å². The summed E-state index contributed by atoms with van der Waals surface area (Å²) in [7, 11) is 0. The molecule has 1 nitrogen and oxygen atoms in total. The first-order valence-corrected chi connectivity index (χ1v) is 6.55. The minimum Gasteiger partial charge on any atom is -0.380 e. The predicted octanol–water partition coefficient (Wildman–Crippen LogP) is 4.51. The largest absolute Gasteiger partial charge is 0.380 e. The summed E-state index contributed by atoms with van der Waals surface area (Å²) in [4.78, 5) is 0. The molecule has 0 fully saturated rings. The van der Waals surface area contributed by atoms with Crippen molar-refractivity contribution in [2.45, 2.75) is 6.54 Å². The van der Waals surface area contributed by atoms with Crippen LogP contribution in [0, 0.1) is 0 Å². The summed E-state index contributed by atoms with van der Waals surface area (Å²) in [6, 6.07) is 19.0. The van der Waals surface area contributed by atoms with Gasteiger partial charge in [-0.1, -0.05) is 36.4 Å². The fourth-order valence-corrected chi connectivity index (χ4v) is 2.75. The first kappa shape index (κ1) is 10.4. The molecule has 3 rings (SSSR count). The molecule has 0 spiro atoms. The van der Waals surface area contributed by atoms with E-state index in [0.717, 1.165) is 6.54 Å². The van der Waals surface area contributed by atoms with Crippen molar-refractivity contribution in [2.24, 2.45) is 0 Å². The molecule has 0 unspecified atom stereocenters. The summed E-state index contributed by atoms with van der Waals surface area (Å²) in [5.41, 5.74) is 2.52. The molecule has 0 aliphatic rings. The van der Waals surface area contributed by atoms with Gasteiger partial charge >= 0.3 is 0 Å². The molecular formula is C15H13NS. The van der Waals surface area contributed by atoms with E-state index in [1.54, 1.807) is 11.3 Å². The van der Waals surface area contributed by atoms with Gasteiger partial charge in [0.25, 0.3) is 0 Å². The molecule has 3 aromatic rings. The lowest BCUT2D eigenvalue weighted by Gasteiger charge is -2.07. The fraction of sp³-hybridized carbons (Fsp3) is 0.0667. The Morgan fingerprint density at radius 1 is 0.882 bits per heavy atom. The second-order valence-electron chi connectivity index (χ2n) is 3.98. The first-order chi connectivity index (χ1) is 8.43. The van der Waals surface area contributed by atoms with Gasteiger partial charge < -0.3 is 5.32 Å². The van der Waals surface area contributed by atoms with Gasteiger partial charge in [0, 0.05) is 22.3 Å². The van der Waals surface area contributed by atoms with Crippen LogP contribution in [0.15, 0.2) is 60.0 Å². The van der Waals surface area contributed by atoms with Gasteiger partial charge in [-0.3, -0.25) is 0 Å². The van der Waals surface area contributed by atoms with E-state index in [-0.39, 0.29) is 0 Å². The van der Waals surface area contributed by atoms with Gasteiger partial charge in [-0.15, -0.1) is 11.3 Å². The lowest BCUT2D eigenvalue weighted by Crippen LogP contribution is -1.98. The van der Waals surface area contributed by atoms with Crippen LogP contribution in [-0.2, 0) is 6.54 Å². The van der Waals surface area contributed by atoms with E-state index in [2.05, 4.69) is 59.2 Å². The van der Waals surface area contributed by atoms with E-state index in [9.17, 15) is 0 Å². The Kier molecular flexibility index (Phi) is 2.80. The Bertz CT molecular complexity index is 613. The number of thiophene rings is 1. The van der Waals surface area contributed by atoms with E-state index < -0.39 is 0 Å². The van der Waals surface area contributed by atoms with Crippen LogP contribution in [0.4, 0.5) is 5.69 Å². The van der Waals surface area contributed by atoms with Crippen LogP contribution >= 0.6 is 11.3 Å². The normalized spacial score (nSPS) is 10.6. The van der Waals surface area contributed by atoms with Gasteiger partial charge in [0.15, 0.2) is 0 Å². The van der Waals surface area contributed by atoms with E-state index in [1.807, 2.05) is 6.07 Å². The first-order valence-electron chi connectivity index (χ1n) is 5.67. The van der Waals surface area contributed by atoms with Crippen molar-refractivity contribution in [3.8, 4) is 0 Å². The predicted molar refractivity (Wildman–Crippen MR) is 75.6 cm³/mol. The van der Waals surface area contributed by atoms with E-state index in [0.29, 0.717) is 0 Å². The van der Waals surface area contributed by atoms with Crippen molar-refractivity contribution in [1.82, 2.24) is 0 Å². The summed E-state index contributed by atoms with van der Waals surface area (Å²) in [5.74, 6) is 0. The Balaban J connectivity index is 1.84. The van der Waals surface area contributed by atoms with Gasteiger partial charge in [0.2, 0.25) is 0 Å². The Morgan fingerprint density at radius 3 is 2.65 bits per heavy atom. The molecule has 2 heteroatoms. The second kappa shape index (κ2) is 4.60. The summed E-state index contributed by atoms with van der Waals surface area (Å²) < 4.78 is 1.34. The van der Waals surface area contributed by atoms with Crippen molar-refractivity contribution in [1.29, 1.82) is 0 Å². The Labute approximate surface area is 105 Å². The topological polar surface area (TPSA) is 12.0 Å². The Hall–Kier alpha value is -1.80. The zero-order valence-electron chi connectivity index (χ0n) is 9.39. The molecule has 0 saturated carbocycles. The minimum absolute atomic E-state index is 0.871. The van der Waals surface area contributed by atoms with E-state index in [1.165, 1.54) is 21.3 Å². The van der Waals surface area contributed by atoms with Crippen LogP contribution in [0.3, 0.4) is 0 Å². The quantitative estimate of drug-likeness (QED) is 0.709. The third kappa shape index (κ3) is 2.17. The SMILES string of the molecule is c1ccc(CNc2cccc3sccc23)cc1. The van der Waals surface area contributed by atoms with Crippen LogP contribution in [0.1, 0.15) is 5.56 Å². The summed E-state index contributed by atoms with van der Waals surface area (Å²) >= 11 is 1.78. The summed E-state index contributed by atoms with van der Waals surface area (Å²) in [6.45, 7) is 0.871. The van der Waals surface area contributed by atoms with Gasteiger partial charge in [-0.2, -0.15) is 0 Å². The highest BCUT2D eigenvalue weighted by molar-refractivity contribution is 7.17. The van der Waals surface area contributed by atoms with Gasteiger partial charge in [-0.05, 0) is 29.1 Å². The third-order valence-corrected chi connectivity index (χ3v) is 3.70. The molecule has 17 heavy (non-hydrogen) atoms. The van der Waals surface area contributed by atoms with Gasteiger partial charge in [0.1, 0.15) is 0 Å². The highest BCUT2D eigenvalue weighted by atomic mass is 32.1. The molecule has 2 aromatic carbocycles. The van der Waals surface area contributed by atoms with E-state index in [4.69, 9.17) is 0 Å². The smallest absolute Gasteiger partial charge is 0.0431 e. The number of nitrogens with one attached hydrogen (secondary N) is 1. The minimum atomic E-state index is 0.871. The van der Waals surface area contributed by atoms with Crippen LogP contribution in [0.25, 0.3) is 10.1 Å². The molecule has 0 radical (unpaired) electrons. The van der Waals surface area contributed by atoms with Crippen LogP contribution in [-0.4, -0.2) is 0 Å². The lowest BCUT2D eigenvalue weighted by atomic mass is 10.2. The highest BCUT2D eigenvalue weighted by Gasteiger charge is 2.00. The van der Waals surface area contributed by atoms with Gasteiger partial charge in [0.05, 0.1) is 0 Å². The third-order valence-electron chi connectivity index (χ3n) is 2.82. The maximum atomic E-state index is 3.50. The number of hydrogen-bond acceptors (Lipinski definition) is 2. The molecule has 1 N–H and O–H groups in total. The van der Waals surface area contributed by atoms with Crippen LogP contribution in [0.2, 0.25) is 0 Å². The van der Waals surface area contributed by atoms with Gasteiger partial charge in [-0.25, -0.2) is 0 Å². The van der Waals surface area contributed by atoms with Crippen molar-refractivity contribution < 1.29 is 0 Å². The van der Waals surface area contributed by atoms with Crippen molar-refractivity contribution in [2.75, 3.05) is 5.32 Å². The standard InChI is InChI=1S/C15H13NS/c1-2-5-12(6-3-1)11-16-14-7-4-8-15-13(14)9-10-17-15/h1-10,16H,11H2. The number of benzene rings is 2. The number of fused-ring (bicyclic) bond motifs is 1. The Morgan fingerprint density at radius 2 is 1.76 bits per heavy atom. The molecule has 0 aliphatic heterocycles. The molecule has 0 atom stereocenters. The van der Waals surface area contributed by atoms with Crippen LogP contribution < -0.4 is 5.32 Å². The monoisotopic (exact) mass is 239 g/mol. The molecule has 0 aliphatic carbocycles.